The van der Waals surface area contributed by atoms with E-state index in [2.05, 4.69) is 26.1 Å². The number of carbonyl (C=O) groups excluding carboxylic acids is 1. The van der Waals surface area contributed by atoms with Crippen LogP contribution in [0.25, 0.3) is 11.5 Å². The molecule has 0 N–H and O–H groups in total. The number of benzene rings is 1. The van der Waals surface area contributed by atoms with Gasteiger partial charge in [-0.25, -0.2) is 4.79 Å². The van der Waals surface area contributed by atoms with Crippen molar-refractivity contribution < 1.29 is 13.9 Å². The normalized spacial score (nSPS) is 10.4. The molecule has 2 aromatic rings. The summed E-state index contributed by atoms with van der Waals surface area (Å²) in [6.07, 6.45) is 0. The molecule has 94 valence electrons. The molecule has 6 heteroatoms. The lowest BCUT2D eigenvalue weighted by Gasteiger charge is -1.99. The Morgan fingerprint density at radius 1 is 1.39 bits per heavy atom. The van der Waals surface area contributed by atoms with Gasteiger partial charge in [-0.15, -0.1) is 10.2 Å². The molecule has 0 amide bonds. The number of rotatable bonds is 3. The van der Waals surface area contributed by atoms with Crippen molar-refractivity contribution in [3.05, 3.63) is 34.1 Å². The number of aromatic nitrogens is 2. The third-order valence-corrected chi connectivity index (χ3v) is 2.62. The Kier molecular flexibility index (Phi) is 3.76. The Morgan fingerprint density at radius 3 is 2.83 bits per heavy atom. The molecule has 1 aromatic heterocycles. The molecule has 0 atom stereocenters. The zero-order chi connectivity index (χ0) is 13.1. The van der Waals surface area contributed by atoms with Crippen molar-refractivity contribution in [2.45, 2.75) is 13.8 Å². The Labute approximate surface area is 112 Å². The number of hydrogen-bond acceptors (Lipinski definition) is 5. The quantitative estimate of drug-likeness (QED) is 0.815. The van der Waals surface area contributed by atoms with Gasteiger partial charge in [0, 0.05) is 10.0 Å². The summed E-state index contributed by atoms with van der Waals surface area (Å²) in [4.78, 5) is 11.4. The van der Waals surface area contributed by atoms with Crippen LogP contribution in [0.1, 0.15) is 23.2 Å². The first-order valence-electron chi connectivity index (χ1n) is 5.38. The molecule has 0 saturated carbocycles. The molecule has 18 heavy (non-hydrogen) atoms. The van der Waals surface area contributed by atoms with Crippen LogP contribution in [0.5, 0.6) is 0 Å². The zero-order valence-electron chi connectivity index (χ0n) is 9.94. The van der Waals surface area contributed by atoms with Crippen LogP contribution >= 0.6 is 15.9 Å². The first-order valence-corrected chi connectivity index (χ1v) is 6.17. The van der Waals surface area contributed by atoms with Gasteiger partial charge < -0.3 is 9.15 Å². The van der Waals surface area contributed by atoms with Gasteiger partial charge in [0.2, 0.25) is 5.89 Å². The van der Waals surface area contributed by atoms with Gasteiger partial charge in [0.15, 0.2) is 0 Å². The van der Waals surface area contributed by atoms with Crippen LogP contribution in [0.4, 0.5) is 0 Å². The average molecular weight is 311 g/mol. The number of hydrogen-bond donors (Lipinski definition) is 0. The number of carbonyl (C=O) groups is 1. The van der Waals surface area contributed by atoms with Crippen LogP contribution in [0.3, 0.4) is 0 Å². The molecule has 2 rings (SSSR count). The van der Waals surface area contributed by atoms with E-state index < -0.39 is 5.97 Å². The third kappa shape index (κ3) is 2.76. The van der Waals surface area contributed by atoms with Gasteiger partial charge in [0.1, 0.15) is 0 Å². The van der Waals surface area contributed by atoms with Gasteiger partial charge in [-0.2, -0.15) is 0 Å². The van der Waals surface area contributed by atoms with Crippen molar-refractivity contribution in [3.8, 4) is 11.5 Å². The SMILES string of the molecule is CCOC(=O)c1nnc(-c2cc(C)cc(Br)c2)o1. The van der Waals surface area contributed by atoms with E-state index in [0.29, 0.717) is 5.89 Å². The molecule has 1 heterocycles. The van der Waals surface area contributed by atoms with Gasteiger partial charge in [0.25, 0.3) is 0 Å². The number of halogens is 1. The average Bonchev–Trinajstić information content (AvgIpc) is 2.77. The number of ether oxygens (including phenoxy) is 1. The van der Waals surface area contributed by atoms with E-state index in [0.717, 1.165) is 15.6 Å². The van der Waals surface area contributed by atoms with E-state index in [1.807, 2.05) is 25.1 Å². The second-order valence-corrected chi connectivity index (χ2v) is 4.57. The van der Waals surface area contributed by atoms with Crippen molar-refractivity contribution in [1.29, 1.82) is 0 Å². The molecule has 5 nitrogen and oxygen atoms in total. The summed E-state index contributed by atoms with van der Waals surface area (Å²) in [5, 5.41) is 7.50. The lowest BCUT2D eigenvalue weighted by atomic mass is 10.1. The molecular formula is C12H11BrN2O3. The number of esters is 1. The van der Waals surface area contributed by atoms with E-state index in [9.17, 15) is 4.79 Å². The molecule has 0 aliphatic heterocycles. The van der Waals surface area contributed by atoms with E-state index in [-0.39, 0.29) is 12.5 Å². The van der Waals surface area contributed by atoms with Gasteiger partial charge in [-0.05, 0) is 37.6 Å². The maximum absolute atomic E-state index is 11.4. The monoisotopic (exact) mass is 310 g/mol. The highest BCUT2D eigenvalue weighted by Crippen LogP contribution is 2.24. The van der Waals surface area contributed by atoms with Crippen molar-refractivity contribution in [3.63, 3.8) is 0 Å². The van der Waals surface area contributed by atoms with Crippen molar-refractivity contribution in [2.75, 3.05) is 6.61 Å². The predicted molar refractivity (Wildman–Crippen MR) is 68.1 cm³/mol. The van der Waals surface area contributed by atoms with E-state index >= 15 is 0 Å². The van der Waals surface area contributed by atoms with Crippen molar-refractivity contribution in [1.82, 2.24) is 10.2 Å². The molecule has 0 saturated heterocycles. The van der Waals surface area contributed by atoms with E-state index in [1.165, 1.54) is 0 Å². The van der Waals surface area contributed by atoms with Gasteiger partial charge in [0.05, 0.1) is 6.61 Å². The van der Waals surface area contributed by atoms with Crippen LogP contribution in [0.15, 0.2) is 27.1 Å². The fourth-order valence-corrected chi connectivity index (χ4v) is 2.08. The molecule has 0 fully saturated rings. The smallest absolute Gasteiger partial charge is 0.396 e. The molecule has 1 aromatic carbocycles. The lowest BCUT2D eigenvalue weighted by Crippen LogP contribution is -2.04. The summed E-state index contributed by atoms with van der Waals surface area (Å²) in [6, 6.07) is 5.70. The highest BCUT2D eigenvalue weighted by Gasteiger charge is 2.17. The zero-order valence-corrected chi connectivity index (χ0v) is 11.5. The minimum Gasteiger partial charge on any atom is -0.459 e. The third-order valence-electron chi connectivity index (χ3n) is 2.16. The summed E-state index contributed by atoms with van der Waals surface area (Å²) in [5.74, 6) is -0.449. The van der Waals surface area contributed by atoms with Gasteiger partial charge in [-0.1, -0.05) is 15.9 Å². The number of nitrogens with zero attached hydrogens (tertiary/aromatic N) is 2. The highest BCUT2D eigenvalue weighted by molar-refractivity contribution is 9.10. The molecule has 0 unspecified atom stereocenters. The number of aryl methyl sites for hydroxylation is 1. The Balaban J connectivity index is 2.32. The second-order valence-electron chi connectivity index (χ2n) is 3.65. The summed E-state index contributed by atoms with van der Waals surface area (Å²) >= 11 is 3.39. The first kappa shape index (κ1) is 12.8. The maximum Gasteiger partial charge on any atom is 0.396 e. The Hall–Kier alpha value is -1.69. The van der Waals surface area contributed by atoms with E-state index in [4.69, 9.17) is 9.15 Å². The van der Waals surface area contributed by atoms with Crippen LogP contribution in [-0.2, 0) is 4.74 Å². The van der Waals surface area contributed by atoms with Crippen LogP contribution < -0.4 is 0 Å². The molecular weight excluding hydrogens is 300 g/mol. The van der Waals surface area contributed by atoms with Crippen LogP contribution in [-0.4, -0.2) is 22.8 Å². The summed E-state index contributed by atoms with van der Waals surface area (Å²) in [7, 11) is 0. The maximum atomic E-state index is 11.4. The summed E-state index contributed by atoms with van der Waals surface area (Å²) < 4.78 is 11.0. The minimum atomic E-state index is -0.608. The predicted octanol–water partition coefficient (Wildman–Crippen LogP) is 2.98. The van der Waals surface area contributed by atoms with Crippen LogP contribution in [0, 0.1) is 6.92 Å². The molecule has 0 aliphatic carbocycles. The van der Waals surface area contributed by atoms with Crippen molar-refractivity contribution >= 4 is 21.9 Å². The topological polar surface area (TPSA) is 65.2 Å². The van der Waals surface area contributed by atoms with Gasteiger partial charge in [-0.3, -0.25) is 0 Å². The second kappa shape index (κ2) is 5.30. The fourth-order valence-electron chi connectivity index (χ4n) is 1.48. The highest BCUT2D eigenvalue weighted by atomic mass is 79.9. The van der Waals surface area contributed by atoms with Crippen LogP contribution in [0.2, 0.25) is 0 Å². The molecule has 0 aliphatic rings. The molecule has 0 spiro atoms. The lowest BCUT2D eigenvalue weighted by molar-refractivity contribution is 0.0481. The first-order chi connectivity index (χ1) is 8.60. The van der Waals surface area contributed by atoms with Crippen molar-refractivity contribution in [2.24, 2.45) is 0 Å². The van der Waals surface area contributed by atoms with Gasteiger partial charge >= 0.3 is 11.9 Å². The standard InChI is InChI=1S/C12H11BrN2O3/c1-3-17-12(16)11-15-14-10(18-11)8-4-7(2)5-9(13)6-8/h4-6H,3H2,1-2H3. The summed E-state index contributed by atoms with van der Waals surface area (Å²) in [5.41, 5.74) is 1.81. The molecule has 0 radical (unpaired) electrons. The Morgan fingerprint density at radius 2 is 2.17 bits per heavy atom. The Bertz CT molecular complexity index is 560. The largest absolute Gasteiger partial charge is 0.459 e. The summed E-state index contributed by atoms with van der Waals surface area (Å²) in [6.45, 7) is 3.94. The minimum absolute atomic E-state index is 0.135. The fraction of sp³-hybridized carbons (Fsp3) is 0.250. The van der Waals surface area contributed by atoms with E-state index in [1.54, 1.807) is 6.92 Å². The molecule has 0 bridgehead atoms.